The summed E-state index contributed by atoms with van der Waals surface area (Å²) in [6.45, 7) is 5.88. The Morgan fingerprint density at radius 3 is 2.61 bits per heavy atom. The van der Waals surface area contributed by atoms with Crippen molar-refractivity contribution in [3.8, 4) is 0 Å². The number of hydrogen-bond acceptors (Lipinski definition) is 5. The van der Waals surface area contributed by atoms with Crippen molar-refractivity contribution >= 4 is 29.3 Å². The molecule has 8 nitrogen and oxygen atoms in total. The SMILES string of the molecule is Cc1ccc(NC(=O)[C@@H]2CC(=O)Nc3nc(N4[C@H](C)CCC[C@H]4C)[nH]c(=O)c32)c(F)c1. The third kappa shape index (κ3) is 4.04. The summed E-state index contributed by atoms with van der Waals surface area (Å²) in [4.78, 5) is 47.6. The summed E-state index contributed by atoms with van der Waals surface area (Å²) in [6, 6.07) is 4.80. The highest BCUT2D eigenvalue weighted by Crippen LogP contribution is 2.32. The first kappa shape index (κ1) is 21.0. The highest BCUT2D eigenvalue weighted by atomic mass is 19.1. The number of H-pyrrole nitrogens is 1. The lowest BCUT2D eigenvalue weighted by molar-refractivity contribution is -0.123. The van der Waals surface area contributed by atoms with Crippen molar-refractivity contribution in [3.63, 3.8) is 0 Å². The minimum atomic E-state index is -1.06. The molecule has 0 aliphatic carbocycles. The van der Waals surface area contributed by atoms with E-state index in [-0.39, 0.29) is 35.6 Å². The van der Waals surface area contributed by atoms with Crippen molar-refractivity contribution < 1.29 is 14.0 Å². The van der Waals surface area contributed by atoms with Crippen LogP contribution in [0.4, 0.5) is 21.8 Å². The van der Waals surface area contributed by atoms with Gasteiger partial charge in [0.15, 0.2) is 0 Å². The van der Waals surface area contributed by atoms with E-state index in [0.29, 0.717) is 11.5 Å². The zero-order valence-electron chi connectivity index (χ0n) is 17.8. The number of aromatic nitrogens is 2. The molecule has 4 rings (SSSR count). The predicted molar refractivity (Wildman–Crippen MR) is 116 cm³/mol. The van der Waals surface area contributed by atoms with Crippen molar-refractivity contribution in [1.29, 1.82) is 0 Å². The van der Waals surface area contributed by atoms with Gasteiger partial charge in [0.25, 0.3) is 5.56 Å². The van der Waals surface area contributed by atoms with Crippen LogP contribution in [0.5, 0.6) is 0 Å². The van der Waals surface area contributed by atoms with E-state index in [0.717, 1.165) is 19.3 Å². The summed E-state index contributed by atoms with van der Waals surface area (Å²) in [5.41, 5.74) is 0.326. The average Bonchev–Trinajstić information content (AvgIpc) is 2.69. The van der Waals surface area contributed by atoms with Crippen molar-refractivity contribution in [2.45, 2.75) is 64.5 Å². The third-order valence-electron chi connectivity index (χ3n) is 6.08. The molecule has 2 amide bonds. The fourth-order valence-corrected chi connectivity index (χ4v) is 4.49. The van der Waals surface area contributed by atoms with Crippen molar-refractivity contribution in [3.05, 3.63) is 45.5 Å². The van der Waals surface area contributed by atoms with Gasteiger partial charge in [0.1, 0.15) is 11.6 Å². The topological polar surface area (TPSA) is 107 Å². The largest absolute Gasteiger partial charge is 0.337 e. The molecule has 1 saturated heterocycles. The number of piperidine rings is 1. The van der Waals surface area contributed by atoms with Gasteiger partial charge in [0.2, 0.25) is 17.8 Å². The van der Waals surface area contributed by atoms with Gasteiger partial charge in [-0.1, -0.05) is 6.07 Å². The molecule has 0 unspecified atom stereocenters. The number of carbonyl (C=O) groups is 2. The van der Waals surface area contributed by atoms with Crippen LogP contribution in [0.1, 0.15) is 56.6 Å². The number of aryl methyl sites for hydroxylation is 1. The first-order valence-electron chi connectivity index (χ1n) is 10.5. The Morgan fingerprint density at radius 1 is 1.23 bits per heavy atom. The molecule has 9 heteroatoms. The van der Waals surface area contributed by atoms with E-state index < -0.39 is 29.1 Å². The molecule has 31 heavy (non-hydrogen) atoms. The second-order valence-electron chi connectivity index (χ2n) is 8.47. The number of amides is 2. The predicted octanol–water partition coefficient (Wildman–Crippen LogP) is 3.05. The summed E-state index contributed by atoms with van der Waals surface area (Å²) in [6.07, 6.45) is 2.84. The lowest BCUT2D eigenvalue weighted by Crippen LogP contribution is -2.46. The van der Waals surface area contributed by atoms with Gasteiger partial charge >= 0.3 is 0 Å². The van der Waals surface area contributed by atoms with E-state index in [2.05, 4.69) is 34.4 Å². The van der Waals surface area contributed by atoms with Crippen molar-refractivity contribution in [2.24, 2.45) is 0 Å². The molecule has 0 saturated carbocycles. The minimum absolute atomic E-state index is 0.0000980. The second-order valence-corrected chi connectivity index (χ2v) is 8.47. The molecule has 164 valence electrons. The van der Waals surface area contributed by atoms with Gasteiger partial charge < -0.3 is 15.5 Å². The van der Waals surface area contributed by atoms with E-state index in [4.69, 9.17) is 0 Å². The number of anilines is 3. The smallest absolute Gasteiger partial charge is 0.258 e. The van der Waals surface area contributed by atoms with E-state index in [9.17, 15) is 18.8 Å². The zero-order valence-corrected chi connectivity index (χ0v) is 17.8. The van der Waals surface area contributed by atoms with Crippen LogP contribution >= 0.6 is 0 Å². The van der Waals surface area contributed by atoms with Gasteiger partial charge in [-0.25, -0.2) is 4.39 Å². The molecule has 0 radical (unpaired) electrons. The number of rotatable bonds is 3. The molecule has 0 spiro atoms. The Kier molecular flexibility index (Phi) is 5.51. The van der Waals surface area contributed by atoms with Gasteiger partial charge in [0, 0.05) is 18.5 Å². The summed E-state index contributed by atoms with van der Waals surface area (Å²) < 4.78 is 14.2. The maximum Gasteiger partial charge on any atom is 0.258 e. The molecular weight excluding hydrogens is 401 g/mol. The minimum Gasteiger partial charge on any atom is -0.337 e. The lowest BCUT2D eigenvalue weighted by atomic mass is 9.92. The van der Waals surface area contributed by atoms with Gasteiger partial charge in [-0.15, -0.1) is 0 Å². The van der Waals surface area contributed by atoms with Gasteiger partial charge in [0.05, 0.1) is 17.2 Å². The maximum absolute atomic E-state index is 14.2. The fourth-order valence-electron chi connectivity index (χ4n) is 4.49. The number of carbonyl (C=O) groups excluding carboxylic acids is 2. The number of hydrogen-bond donors (Lipinski definition) is 3. The average molecular weight is 427 g/mol. The molecule has 0 bridgehead atoms. The van der Waals surface area contributed by atoms with Crippen LogP contribution in [0.15, 0.2) is 23.0 Å². The third-order valence-corrected chi connectivity index (χ3v) is 6.08. The number of nitrogens with zero attached hydrogens (tertiary/aromatic N) is 2. The van der Waals surface area contributed by atoms with Crippen LogP contribution in [-0.2, 0) is 9.59 Å². The van der Waals surface area contributed by atoms with Crippen molar-refractivity contribution in [1.82, 2.24) is 9.97 Å². The monoisotopic (exact) mass is 427 g/mol. The van der Waals surface area contributed by atoms with Gasteiger partial charge in [-0.2, -0.15) is 4.98 Å². The molecule has 1 aromatic carbocycles. The standard InChI is InChI=1S/C22H26FN5O3/c1-11-7-8-16(15(23)9-11)24-20(30)14-10-17(29)25-19-18(14)21(31)27-22(26-19)28-12(2)5-4-6-13(28)3/h7-9,12-14H,4-6,10H2,1-3H3,(H,24,30)(H2,25,26,27,29,31)/t12-,13-,14-/m1/s1. The zero-order chi connectivity index (χ0) is 22.3. The highest BCUT2D eigenvalue weighted by Gasteiger charge is 2.36. The summed E-state index contributed by atoms with van der Waals surface area (Å²) in [5.74, 6) is -2.21. The number of benzene rings is 1. The summed E-state index contributed by atoms with van der Waals surface area (Å²) in [5, 5.41) is 5.13. The molecular formula is C22H26FN5O3. The lowest BCUT2D eigenvalue weighted by Gasteiger charge is -2.39. The van der Waals surface area contributed by atoms with Crippen LogP contribution < -0.4 is 21.1 Å². The quantitative estimate of drug-likeness (QED) is 0.698. The normalized spacial score (nSPS) is 23.2. The van der Waals surface area contributed by atoms with E-state index >= 15 is 0 Å². The molecule has 2 aliphatic rings. The van der Waals surface area contributed by atoms with Gasteiger partial charge in [-0.05, 0) is 57.7 Å². The Balaban J connectivity index is 1.68. The molecule has 3 atom stereocenters. The van der Waals surface area contributed by atoms with Crippen LogP contribution in [0, 0.1) is 12.7 Å². The summed E-state index contributed by atoms with van der Waals surface area (Å²) in [7, 11) is 0. The van der Waals surface area contributed by atoms with E-state index in [1.165, 1.54) is 12.1 Å². The van der Waals surface area contributed by atoms with Crippen molar-refractivity contribution in [2.75, 3.05) is 15.5 Å². The maximum atomic E-state index is 14.2. The molecule has 1 aromatic heterocycles. The Hall–Kier alpha value is -3.23. The number of nitrogens with one attached hydrogen (secondary N) is 3. The molecule has 1 fully saturated rings. The fraction of sp³-hybridized carbons (Fsp3) is 0.455. The highest BCUT2D eigenvalue weighted by molar-refractivity contribution is 6.04. The van der Waals surface area contributed by atoms with Crippen LogP contribution in [0.25, 0.3) is 0 Å². The first-order chi connectivity index (χ1) is 14.7. The second kappa shape index (κ2) is 8.13. The first-order valence-corrected chi connectivity index (χ1v) is 10.5. The molecule has 3 N–H and O–H groups in total. The Labute approximate surface area is 179 Å². The molecule has 2 aromatic rings. The number of aromatic amines is 1. The molecule has 3 heterocycles. The number of halogens is 1. The summed E-state index contributed by atoms with van der Waals surface area (Å²) >= 11 is 0. The number of fused-ring (bicyclic) bond motifs is 1. The Morgan fingerprint density at radius 2 is 1.94 bits per heavy atom. The van der Waals surface area contributed by atoms with Crippen LogP contribution in [0.2, 0.25) is 0 Å². The molecule has 2 aliphatic heterocycles. The Bertz CT molecular complexity index is 1090. The van der Waals surface area contributed by atoms with E-state index in [1.54, 1.807) is 13.0 Å². The van der Waals surface area contributed by atoms with E-state index in [1.807, 2.05) is 4.90 Å². The van der Waals surface area contributed by atoms with Crippen LogP contribution in [-0.4, -0.2) is 33.9 Å². The van der Waals surface area contributed by atoms with Crippen LogP contribution in [0.3, 0.4) is 0 Å². The van der Waals surface area contributed by atoms with Gasteiger partial charge in [-0.3, -0.25) is 19.4 Å².